The van der Waals surface area contributed by atoms with Gasteiger partial charge in [0.1, 0.15) is 5.69 Å². The lowest BCUT2D eigenvalue weighted by atomic mass is 10.1. The number of aromatic amines is 2. The predicted molar refractivity (Wildman–Crippen MR) is 65.3 cm³/mol. The average molecular weight is 266 g/mol. The molecule has 0 radical (unpaired) electrons. The van der Waals surface area contributed by atoms with Crippen LogP contribution in [0.2, 0.25) is 0 Å². The third kappa shape index (κ3) is 1.92. The molecule has 4 nitrogen and oxygen atoms in total. The van der Waals surface area contributed by atoms with Crippen LogP contribution in [0.15, 0.2) is 30.5 Å². The molecule has 0 spiro atoms. The van der Waals surface area contributed by atoms with Crippen LogP contribution in [0, 0.1) is 0 Å². The second kappa shape index (κ2) is 3.78. The highest BCUT2D eigenvalue weighted by molar-refractivity contribution is 5.87. The molecule has 0 atom stereocenters. The van der Waals surface area contributed by atoms with Crippen LogP contribution in [0.1, 0.15) is 5.56 Å². The summed E-state index contributed by atoms with van der Waals surface area (Å²) in [6.45, 7) is 0. The lowest BCUT2D eigenvalue weighted by molar-refractivity contribution is -0.137. The fourth-order valence-corrected chi connectivity index (χ4v) is 1.95. The molecule has 2 heterocycles. The van der Waals surface area contributed by atoms with E-state index in [0.29, 0.717) is 28.0 Å². The number of nitrogens with one attached hydrogen (secondary N) is 2. The van der Waals surface area contributed by atoms with E-state index in [2.05, 4.69) is 15.2 Å². The number of aromatic nitrogens is 3. The number of fused-ring (bicyclic) bond motifs is 1. The largest absolute Gasteiger partial charge is 0.416 e. The summed E-state index contributed by atoms with van der Waals surface area (Å²) >= 11 is 0. The highest BCUT2D eigenvalue weighted by Gasteiger charge is 2.30. The van der Waals surface area contributed by atoms with Gasteiger partial charge < -0.3 is 10.7 Å². The summed E-state index contributed by atoms with van der Waals surface area (Å²) in [6.07, 6.45) is -2.91. The van der Waals surface area contributed by atoms with Crippen LogP contribution >= 0.6 is 0 Å². The molecule has 1 aromatic carbocycles. The Balaban J connectivity index is 2.14. The van der Waals surface area contributed by atoms with Crippen LogP contribution in [0.3, 0.4) is 0 Å². The number of nitrogens with two attached hydrogens (primary N) is 1. The first kappa shape index (κ1) is 11.6. The van der Waals surface area contributed by atoms with Crippen molar-refractivity contribution in [2.45, 2.75) is 6.18 Å². The molecule has 0 amide bonds. The van der Waals surface area contributed by atoms with E-state index in [0.717, 1.165) is 12.1 Å². The second-order valence-electron chi connectivity index (χ2n) is 4.18. The first-order valence-corrected chi connectivity index (χ1v) is 5.44. The van der Waals surface area contributed by atoms with Crippen LogP contribution in [0.25, 0.3) is 22.3 Å². The fraction of sp³-hybridized carbons (Fsp3) is 0.0833. The number of hydrogen-bond donors (Lipinski definition) is 3. The van der Waals surface area contributed by atoms with Gasteiger partial charge in [-0.05, 0) is 18.2 Å². The van der Waals surface area contributed by atoms with E-state index in [-0.39, 0.29) is 0 Å². The smallest absolute Gasteiger partial charge is 0.396 e. The normalized spacial score (nSPS) is 12.2. The van der Waals surface area contributed by atoms with Crippen molar-refractivity contribution >= 4 is 16.6 Å². The highest BCUT2D eigenvalue weighted by Crippen LogP contribution is 2.33. The van der Waals surface area contributed by atoms with Crippen molar-refractivity contribution in [1.29, 1.82) is 0 Å². The molecule has 98 valence electrons. The molecule has 0 saturated carbocycles. The number of halogens is 3. The van der Waals surface area contributed by atoms with Crippen LogP contribution in [0.4, 0.5) is 18.9 Å². The monoisotopic (exact) mass is 266 g/mol. The van der Waals surface area contributed by atoms with Gasteiger partial charge in [-0.25, -0.2) is 0 Å². The molecule has 0 fully saturated rings. The number of anilines is 1. The molecule has 4 N–H and O–H groups in total. The highest BCUT2D eigenvalue weighted by atomic mass is 19.4. The van der Waals surface area contributed by atoms with Gasteiger partial charge in [0.25, 0.3) is 0 Å². The van der Waals surface area contributed by atoms with Crippen molar-refractivity contribution < 1.29 is 13.2 Å². The minimum absolute atomic E-state index is 0.402. The molecule has 0 saturated heterocycles. The molecular weight excluding hydrogens is 257 g/mol. The standard InChI is InChI=1S/C12H9F3N4/c13-12(14,15)7-2-1-6-3-10(18-9(6)4-7)11-8(16)5-17-19-11/h1-5,18H,16H2,(H,17,19). The maximum Gasteiger partial charge on any atom is 0.416 e. The second-order valence-corrected chi connectivity index (χ2v) is 4.18. The zero-order valence-electron chi connectivity index (χ0n) is 9.55. The number of benzene rings is 1. The minimum Gasteiger partial charge on any atom is -0.396 e. The maximum atomic E-state index is 12.6. The number of H-pyrrole nitrogens is 2. The summed E-state index contributed by atoms with van der Waals surface area (Å²) in [5.74, 6) is 0. The zero-order valence-corrected chi connectivity index (χ0v) is 9.55. The van der Waals surface area contributed by atoms with Crippen LogP contribution < -0.4 is 5.73 Å². The van der Waals surface area contributed by atoms with E-state index < -0.39 is 11.7 Å². The van der Waals surface area contributed by atoms with Gasteiger partial charge >= 0.3 is 6.18 Å². The minimum atomic E-state index is -4.35. The number of nitrogens with zero attached hydrogens (tertiary/aromatic N) is 1. The summed E-state index contributed by atoms with van der Waals surface area (Å²) in [4.78, 5) is 2.90. The van der Waals surface area contributed by atoms with E-state index in [1.54, 1.807) is 6.07 Å². The Morgan fingerprint density at radius 3 is 2.58 bits per heavy atom. The summed E-state index contributed by atoms with van der Waals surface area (Å²) in [5, 5.41) is 7.15. The molecule has 0 aliphatic heterocycles. The van der Waals surface area contributed by atoms with Crippen molar-refractivity contribution in [3.05, 3.63) is 36.0 Å². The van der Waals surface area contributed by atoms with E-state index in [1.165, 1.54) is 12.3 Å². The maximum absolute atomic E-state index is 12.6. The molecule has 7 heteroatoms. The van der Waals surface area contributed by atoms with Gasteiger partial charge in [0.15, 0.2) is 0 Å². The van der Waals surface area contributed by atoms with Crippen LogP contribution in [-0.4, -0.2) is 15.2 Å². The van der Waals surface area contributed by atoms with Gasteiger partial charge in [0.05, 0.1) is 23.1 Å². The van der Waals surface area contributed by atoms with E-state index in [4.69, 9.17) is 5.73 Å². The van der Waals surface area contributed by atoms with Crippen molar-refractivity contribution in [2.75, 3.05) is 5.73 Å². The van der Waals surface area contributed by atoms with Gasteiger partial charge in [-0.2, -0.15) is 18.3 Å². The van der Waals surface area contributed by atoms with Crippen molar-refractivity contribution in [1.82, 2.24) is 15.2 Å². The van der Waals surface area contributed by atoms with Gasteiger partial charge in [-0.1, -0.05) is 6.07 Å². The molecule has 3 aromatic rings. The Hall–Kier alpha value is -2.44. The molecule has 0 aliphatic rings. The lowest BCUT2D eigenvalue weighted by Gasteiger charge is -2.05. The van der Waals surface area contributed by atoms with Gasteiger partial charge in [-0.15, -0.1) is 0 Å². The zero-order chi connectivity index (χ0) is 13.6. The molecule has 3 rings (SSSR count). The van der Waals surface area contributed by atoms with Crippen LogP contribution in [0.5, 0.6) is 0 Å². The van der Waals surface area contributed by atoms with Crippen molar-refractivity contribution in [2.24, 2.45) is 0 Å². The van der Waals surface area contributed by atoms with Crippen molar-refractivity contribution in [3.8, 4) is 11.4 Å². The molecule has 2 aromatic heterocycles. The summed E-state index contributed by atoms with van der Waals surface area (Å²) in [6, 6.07) is 5.27. The topological polar surface area (TPSA) is 70.5 Å². The third-order valence-corrected chi connectivity index (χ3v) is 2.89. The molecular formula is C12H9F3N4. The Bertz CT molecular complexity index is 739. The molecule has 19 heavy (non-hydrogen) atoms. The summed E-state index contributed by atoms with van der Waals surface area (Å²) in [5.41, 5.74) is 7.01. The lowest BCUT2D eigenvalue weighted by Crippen LogP contribution is -2.03. The number of hydrogen-bond acceptors (Lipinski definition) is 2. The molecule has 0 aliphatic carbocycles. The van der Waals surface area contributed by atoms with Gasteiger partial charge in [0, 0.05) is 10.9 Å². The fourth-order valence-electron chi connectivity index (χ4n) is 1.95. The van der Waals surface area contributed by atoms with E-state index in [1.807, 2.05) is 0 Å². The van der Waals surface area contributed by atoms with Gasteiger partial charge in [-0.3, -0.25) is 5.10 Å². The van der Waals surface area contributed by atoms with Gasteiger partial charge in [0.2, 0.25) is 0 Å². The van der Waals surface area contributed by atoms with E-state index >= 15 is 0 Å². The third-order valence-electron chi connectivity index (χ3n) is 2.89. The predicted octanol–water partition coefficient (Wildman–Crippen LogP) is 3.16. The van der Waals surface area contributed by atoms with E-state index in [9.17, 15) is 13.2 Å². The molecule has 0 unspecified atom stereocenters. The Kier molecular flexibility index (Phi) is 2.31. The molecule has 0 bridgehead atoms. The number of alkyl halides is 3. The Morgan fingerprint density at radius 2 is 1.95 bits per heavy atom. The van der Waals surface area contributed by atoms with Crippen LogP contribution in [-0.2, 0) is 6.18 Å². The Morgan fingerprint density at radius 1 is 1.16 bits per heavy atom. The number of rotatable bonds is 1. The Labute approximate surface area is 105 Å². The summed E-state index contributed by atoms with van der Waals surface area (Å²) < 4.78 is 37.8. The SMILES string of the molecule is Nc1cn[nH]c1-c1cc2ccc(C(F)(F)F)cc2[nH]1. The quantitative estimate of drug-likeness (QED) is 0.633. The first-order valence-electron chi connectivity index (χ1n) is 5.44. The number of nitrogen functional groups attached to an aromatic ring is 1. The average Bonchev–Trinajstić information content (AvgIpc) is 2.91. The van der Waals surface area contributed by atoms with Crippen molar-refractivity contribution in [3.63, 3.8) is 0 Å². The first-order chi connectivity index (χ1) is 8.95. The summed E-state index contributed by atoms with van der Waals surface area (Å²) in [7, 11) is 0.